The van der Waals surface area contributed by atoms with Gasteiger partial charge in [0.05, 0.1) is 17.1 Å². The first kappa shape index (κ1) is 16.7. The molecule has 6 nitrogen and oxygen atoms in total. The quantitative estimate of drug-likeness (QED) is 0.579. The van der Waals surface area contributed by atoms with E-state index in [9.17, 15) is 9.50 Å². The molecule has 0 saturated heterocycles. The molecule has 7 heteroatoms. The molecule has 0 spiro atoms. The Labute approximate surface area is 154 Å². The zero-order chi connectivity index (χ0) is 18.8. The largest absolute Gasteiger partial charge is 0.493 e. The number of aromatic nitrogens is 3. The molecule has 27 heavy (non-hydrogen) atoms. The summed E-state index contributed by atoms with van der Waals surface area (Å²) in [5.74, 6) is 0.0868. The van der Waals surface area contributed by atoms with Gasteiger partial charge in [-0.25, -0.2) is 4.39 Å². The van der Waals surface area contributed by atoms with Crippen molar-refractivity contribution in [1.82, 2.24) is 15.0 Å². The van der Waals surface area contributed by atoms with Gasteiger partial charge in [-0.3, -0.25) is 4.98 Å². The Bertz CT molecular complexity index is 1090. The highest BCUT2D eigenvalue weighted by atomic mass is 19.1. The number of aromatic hydroxyl groups is 1. The highest BCUT2D eigenvalue weighted by Gasteiger charge is 2.09. The van der Waals surface area contributed by atoms with Crippen LogP contribution in [0.1, 0.15) is 0 Å². The zero-order valence-corrected chi connectivity index (χ0v) is 14.4. The maximum absolute atomic E-state index is 13.1. The molecule has 134 valence electrons. The molecule has 0 fully saturated rings. The molecule has 0 amide bonds. The van der Waals surface area contributed by atoms with Crippen molar-refractivity contribution in [2.45, 2.75) is 0 Å². The lowest BCUT2D eigenvalue weighted by molar-refractivity contribution is 0.412. The lowest BCUT2D eigenvalue weighted by Gasteiger charge is -2.19. The van der Waals surface area contributed by atoms with Gasteiger partial charge in [0.15, 0.2) is 0 Å². The molecule has 0 aliphatic carbocycles. The van der Waals surface area contributed by atoms with Crippen LogP contribution in [0.15, 0.2) is 67.0 Å². The Morgan fingerprint density at radius 3 is 2.30 bits per heavy atom. The Morgan fingerprint density at radius 2 is 1.59 bits per heavy atom. The van der Waals surface area contributed by atoms with E-state index in [1.54, 1.807) is 36.5 Å². The van der Waals surface area contributed by atoms with E-state index in [-0.39, 0.29) is 17.7 Å². The predicted octanol–water partition coefficient (Wildman–Crippen LogP) is 4.43. The Hall–Kier alpha value is -3.74. The van der Waals surface area contributed by atoms with Crippen molar-refractivity contribution >= 4 is 22.3 Å². The van der Waals surface area contributed by atoms with E-state index in [1.165, 1.54) is 18.3 Å². The number of fused-ring (bicyclic) bond motifs is 1. The van der Waals surface area contributed by atoms with Crippen LogP contribution in [0.2, 0.25) is 0 Å². The van der Waals surface area contributed by atoms with Crippen LogP contribution in [0, 0.1) is 5.82 Å². The number of nitrogens with zero attached hydrogens (tertiary/aromatic N) is 4. The van der Waals surface area contributed by atoms with Crippen LogP contribution in [0.5, 0.6) is 17.6 Å². The monoisotopic (exact) mass is 362 g/mol. The van der Waals surface area contributed by atoms with E-state index in [1.807, 2.05) is 24.1 Å². The van der Waals surface area contributed by atoms with Crippen molar-refractivity contribution < 1.29 is 14.2 Å². The van der Waals surface area contributed by atoms with Gasteiger partial charge in [0.1, 0.15) is 11.6 Å². The maximum Gasteiger partial charge on any atom is 0.325 e. The molecule has 0 bridgehead atoms. The summed E-state index contributed by atoms with van der Waals surface area (Å²) in [6.45, 7) is 0. The van der Waals surface area contributed by atoms with Gasteiger partial charge in [-0.05, 0) is 54.6 Å². The first-order valence-electron chi connectivity index (χ1n) is 8.18. The summed E-state index contributed by atoms with van der Waals surface area (Å²) >= 11 is 0. The number of ether oxygens (including phenoxy) is 1. The van der Waals surface area contributed by atoms with Crippen LogP contribution in [0.4, 0.5) is 15.8 Å². The van der Waals surface area contributed by atoms with Crippen LogP contribution in [-0.2, 0) is 0 Å². The van der Waals surface area contributed by atoms with Crippen molar-refractivity contribution in [3.63, 3.8) is 0 Å². The molecule has 0 atom stereocenters. The van der Waals surface area contributed by atoms with Crippen LogP contribution in [-0.4, -0.2) is 27.1 Å². The minimum absolute atomic E-state index is 0.0349. The molecule has 4 rings (SSSR count). The molecular formula is C20H15FN4O2. The first-order valence-corrected chi connectivity index (χ1v) is 8.18. The number of hydrogen-bond acceptors (Lipinski definition) is 6. The van der Waals surface area contributed by atoms with Crippen LogP contribution in [0.3, 0.4) is 0 Å². The van der Waals surface area contributed by atoms with Crippen molar-refractivity contribution in [1.29, 1.82) is 0 Å². The molecule has 1 N–H and O–H groups in total. The molecule has 0 aliphatic rings. The smallest absolute Gasteiger partial charge is 0.325 e. The number of anilines is 2. The van der Waals surface area contributed by atoms with Gasteiger partial charge in [-0.15, -0.1) is 0 Å². The molecule has 0 radical (unpaired) electrons. The van der Waals surface area contributed by atoms with E-state index in [0.717, 1.165) is 11.4 Å². The second-order valence-electron chi connectivity index (χ2n) is 5.85. The van der Waals surface area contributed by atoms with Crippen molar-refractivity contribution in [2.75, 3.05) is 11.9 Å². The third kappa shape index (κ3) is 3.48. The van der Waals surface area contributed by atoms with Gasteiger partial charge in [0.2, 0.25) is 5.88 Å². The second kappa shape index (κ2) is 6.87. The molecule has 4 aromatic rings. The van der Waals surface area contributed by atoms with Gasteiger partial charge in [-0.1, -0.05) is 0 Å². The predicted molar refractivity (Wildman–Crippen MR) is 100.0 cm³/mol. The summed E-state index contributed by atoms with van der Waals surface area (Å²) in [7, 11) is 1.89. The van der Waals surface area contributed by atoms with E-state index < -0.39 is 0 Å². The number of hydrogen-bond donors (Lipinski definition) is 1. The normalized spacial score (nSPS) is 10.7. The Balaban J connectivity index is 1.55. The first-order chi connectivity index (χ1) is 13.1. The van der Waals surface area contributed by atoms with E-state index in [4.69, 9.17) is 4.74 Å². The van der Waals surface area contributed by atoms with Gasteiger partial charge in [0.25, 0.3) is 0 Å². The minimum Gasteiger partial charge on any atom is -0.493 e. The highest BCUT2D eigenvalue weighted by Crippen LogP contribution is 2.29. The molecule has 0 saturated carbocycles. The lowest BCUT2D eigenvalue weighted by Crippen LogP contribution is -2.09. The maximum atomic E-state index is 13.1. The number of pyridine rings is 1. The van der Waals surface area contributed by atoms with Crippen LogP contribution in [0.25, 0.3) is 10.9 Å². The Kier molecular flexibility index (Phi) is 4.25. The van der Waals surface area contributed by atoms with E-state index in [0.29, 0.717) is 16.7 Å². The second-order valence-corrected chi connectivity index (χ2v) is 5.85. The summed E-state index contributed by atoms with van der Waals surface area (Å²) in [5, 5.41) is 10.5. The molecule has 0 unspecified atom stereocenters. The van der Waals surface area contributed by atoms with Gasteiger partial charge < -0.3 is 14.7 Å². The van der Waals surface area contributed by atoms with Crippen LogP contribution < -0.4 is 9.64 Å². The topological polar surface area (TPSA) is 71.4 Å². The molecule has 2 aromatic heterocycles. The average Bonchev–Trinajstić information content (AvgIpc) is 2.69. The van der Waals surface area contributed by atoms with Gasteiger partial charge >= 0.3 is 6.01 Å². The van der Waals surface area contributed by atoms with Crippen molar-refractivity contribution in [2.24, 2.45) is 0 Å². The number of halogens is 1. The zero-order valence-electron chi connectivity index (χ0n) is 14.4. The van der Waals surface area contributed by atoms with Gasteiger partial charge in [0, 0.05) is 24.6 Å². The van der Waals surface area contributed by atoms with Crippen molar-refractivity contribution in [3.05, 3.63) is 72.8 Å². The van der Waals surface area contributed by atoms with E-state index in [2.05, 4.69) is 15.0 Å². The summed E-state index contributed by atoms with van der Waals surface area (Å²) in [6.07, 6.45) is 3.09. The third-order valence-corrected chi connectivity index (χ3v) is 4.11. The Morgan fingerprint density at radius 1 is 0.926 bits per heavy atom. The fourth-order valence-electron chi connectivity index (χ4n) is 2.65. The minimum atomic E-state index is -0.273. The average molecular weight is 362 g/mol. The molecule has 2 aromatic carbocycles. The third-order valence-electron chi connectivity index (χ3n) is 4.11. The van der Waals surface area contributed by atoms with Crippen LogP contribution >= 0.6 is 0 Å². The van der Waals surface area contributed by atoms with E-state index >= 15 is 0 Å². The summed E-state index contributed by atoms with van der Waals surface area (Å²) < 4.78 is 18.7. The fraction of sp³-hybridized carbons (Fsp3) is 0.0500. The summed E-state index contributed by atoms with van der Waals surface area (Å²) in [6, 6.07) is 15.2. The fourth-order valence-corrected chi connectivity index (χ4v) is 2.65. The molecule has 0 aliphatic heterocycles. The lowest BCUT2D eigenvalue weighted by atomic mass is 10.2. The number of rotatable bonds is 4. The number of benzene rings is 2. The summed E-state index contributed by atoms with van der Waals surface area (Å²) in [4.78, 5) is 14.1. The van der Waals surface area contributed by atoms with Crippen molar-refractivity contribution in [3.8, 4) is 17.6 Å². The molecule has 2 heterocycles. The van der Waals surface area contributed by atoms with Gasteiger partial charge in [-0.2, -0.15) is 9.97 Å². The molecular weight excluding hydrogens is 347 g/mol. The summed E-state index contributed by atoms with van der Waals surface area (Å²) in [5.41, 5.74) is 2.26. The standard InChI is InChI=1S/C20H15FN4O2/c1-25(14-4-2-13(21)3-5-14)15-6-8-16(9-7-15)27-20-23-18-12-22-11-10-17(18)19(26)24-20/h2-12H,1H3,(H,23,24,26). The SMILES string of the molecule is CN(c1ccc(F)cc1)c1ccc(Oc2nc(O)c3ccncc3n2)cc1. The highest BCUT2D eigenvalue weighted by molar-refractivity contribution is 5.82.